The molecule has 0 aromatic heterocycles. The minimum atomic E-state index is -0.825. The summed E-state index contributed by atoms with van der Waals surface area (Å²) in [5.41, 5.74) is 5.84. The Kier molecular flexibility index (Phi) is 5.61. The topological polar surface area (TPSA) is 75.4 Å². The number of halogens is 1. The zero-order valence-electron chi connectivity index (χ0n) is 10.1. The van der Waals surface area contributed by atoms with Gasteiger partial charge in [-0.2, -0.15) is 0 Å². The summed E-state index contributed by atoms with van der Waals surface area (Å²) in [4.78, 5) is 23.6. The van der Waals surface area contributed by atoms with Gasteiger partial charge in [-0.25, -0.2) is 4.79 Å². The number of nitrogens with one attached hydrogen (secondary N) is 1. The fraction of sp³-hybridized carbons (Fsp3) is 0.333. The van der Waals surface area contributed by atoms with Crippen molar-refractivity contribution < 1.29 is 9.59 Å². The van der Waals surface area contributed by atoms with Crippen molar-refractivity contribution in [1.82, 2.24) is 10.2 Å². The van der Waals surface area contributed by atoms with Crippen LogP contribution in [0, 0.1) is 0 Å². The van der Waals surface area contributed by atoms with Crippen molar-refractivity contribution >= 4 is 23.5 Å². The molecule has 0 spiro atoms. The molecule has 0 saturated heterocycles. The number of rotatable bonds is 5. The van der Waals surface area contributed by atoms with Crippen LogP contribution in [0.5, 0.6) is 0 Å². The van der Waals surface area contributed by atoms with Gasteiger partial charge in [0.1, 0.15) is 0 Å². The summed E-state index contributed by atoms with van der Waals surface area (Å²) < 4.78 is 0. The Bertz CT molecular complexity index is 437. The number of amides is 3. The summed E-state index contributed by atoms with van der Waals surface area (Å²) in [6.07, 6.45) is 0.212. The van der Waals surface area contributed by atoms with Crippen molar-refractivity contribution in [2.75, 3.05) is 13.6 Å². The second-order valence-electron chi connectivity index (χ2n) is 3.99. The molecule has 0 heterocycles. The number of carbonyl (C=O) groups excluding carboxylic acids is 2. The Morgan fingerprint density at radius 1 is 1.39 bits per heavy atom. The fourth-order valence-corrected chi connectivity index (χ4v) is 1.68. The first-order valence-electron chi connectivity index (χ1n) is 5.50. The third kappa shape index (κ3) is 5.16. The Morgan fingerprint density at radius 2 is 2.06 bits per heavy atom. The van der Waals surface area contributed by atoms with Gasteiger partial charge in [0.15, 0.2) is 0 Å². The molecule has 3 amide bonds. The van der Waals surface area contributed by atoms with Crippen LogP contribution < -0.4 is 11.1 Å². The van der Waals surface area contributed by atoms with Crippen LogP contribution in [0.3, 0.4) is 0 Å². The van der Waals surface area contributed by atoms with Crippen molar-refractivity contribution in [3.8, 4) is 0 Å². The van der Waals surface area contributed by atoms with Crippen molar-refractivity contribution in [3.63, 3.8) is 0 Å². The third-order valence-corrected chi connectivity index (χ3v) is 2.75. The summed E-state index contributed by atoms with van der Waals surface area (Å²) in [5.74, 6) is -0.381. The standard InChI is InChI=1S/C12H16ClN3O2/c1-16(7-6-11(17)15-12(14)18)8-9-4-2-3-5-10(9)13/h2-5H,6-8H2,1H3,(H3,14,15,17,18). The van der Waals surface area contributed by atoms with Gasteiger partial charge in [0.2, 0.25) is 5.91 Å². The van der Waals surface area contributed by atoms with Gasteiger partial charge in [0.25, 0.3) is 0 Å². The number of hydrogen-bond acceptors (Lipinski definition) is 3. The van der Waals surface area contributed by atoms with E-state index in [9.17, 15) is 9.59 Å². The predicted molar refractivity (Wildman–Crippen MR) is 70.1 cm³/mol. The number of nitrogens with two attached hydrogens (primary N) is 1. The molecule has 0 unspecified atom stereocenters. The van der Waals surface area contributed by atoms with E-state index in [-0.39, 0.29) is 12.3 Å². The highest BCUT2D eigenvalue weighted by Crippen LogP contribution is 2.16. The predicted octanol–water partition coefficient (Wildman–Crippen LogP) is 1.36. The van der Waals surface area contributed by atoms with Crippen LogP contribution in [-0.4, -0.2) is 30.4 Å². The van der Waals surface area contributed by atoms with E-state index in [1.165, 1.54) is 0 Å². The Morgan fingerprint density at radius 3 is 2.67 bits per heavy atom. The average Bonchev–Trinajstić information content (AvgIpc) is 2.29. The number of imide groups is 1. The SMILES string of the molecule is CN(CCC(=O)NC(N)=O)Cc1ccccc1Cl. The van der Waals surface area contributed by atoms with E-state index in [4.69, 9.17) is 17.3 Å². The highest BCUT2D eigenvalue weighted by Gasteiger charge is 2.08. The van der Waals surface area contributed by atoms with Gasteiger partial charge in [-0.15, -0.1) is 0 Å². The van der Waals surface area contributed by atoms with E-state index in [0.717, 1.165) is 5.56 Å². The van der Waals surface area contributed by atoms with Gasteiger partial charge >= 0.3 is 6.03 Å². The molecule has 98 valence electrons. The van der Waals surface area contributed by atoms with Crippen molar-refractivity contribution in [2.24, 2.45) is 5.73 Å². The molecule has 6 heteroatoms. The van der Waals surface area contributed by atoms with Crippen LogP contribution in [0.4, 0.5) is 4.79 Å². The van der Waals surface area contributed by atoms with E-state index in [2.05, 4.69) is 0 Å². The van der Waals surface area contributed by atoms with Crippen LogP contribution in [0.2, 0.25) is 5.02 Å². The van der Waals surface area contributed by atoms with E-state index < -0.39 is 6.03 Å². The summed E-state index contributed by atoms with van der Waals surface area (Å²) in [6, 6.07) is 6.71. The normalized spacial score (nSPS) is 10.4. The van der Waals surface area contributed by atoms with Crippen LogP contribution in [0.25, 0.3) is 0 Å². The minimum Gasteiger partial charge on any atom is -0.351 e. The molecule has 5 nitrogen and oxygen atoms in total. The maximum absolute atomic E-state index is 11.2. The minimum absolute atomic E-state index is 0.212. The van der Waals surface area contributed by atoms with Crippen molar-refractivity contribution in [1.29, 1.82) is 0 Å². The van der Waals surface area contributed by atoms with Crippen LogP contribution in [0.15, 0.2) is 24.3 Å². The maximum atomic E-state index is 11.2. The van der Waals surface area contributed by atoms with E-state index in [1.54, 1.807) is 0 Å². The van der Waals surface area contributed by atoms with Gasteiger partial charge in [-0.1, -0.05) is 29.8 Å². The molecule has 1 rings (SSSR count). The maximum Gasteiger partial charge on any atom is 0.318 e. The zero-order chi connectivity index (χ0) is 13.5. The molecule has 0 aliphatic rings. The van der Waals surface area contributed by atoms with Gasteiger partial charge in [0.05, 0.1) is 0 Å². The quantitative estimate of drug-likeness (QED) is 0.847. The molecule has 0 atom stereocenters. The lowest BCUT2D eigenvalue weighted by Crippen LogP contribution is -2.36. The van der Waals surface area contributed by atoms with Gasteiger partial charge in [-0.05, 0) is 18.7 Å². The summed E-state index contributed by atoms with van der Waals surface area (Å²) in [5, 5.41) is 2.72. The summed E-state index contributed by atoms with van der Waals surface area (Å²) >= 11 is 6.03. The number of urea groups is 1. The highest BCUT2D eigenvalue weighted by atomic mass is 35.5. The molecule has 1 aromatic carbocycles. The molecule has 0 fully saturated rings. The molecular weight excluding hydrogens is 254 g/mol. The lowest BCUT2D eigenvalue weighted by molar-refractivity contribution is -0.120. The molecule has 3 N–H and O–H groups in total. The molecule has 0 saturated carbocycles. The average molecular weight is 270 g/mol. The van der Waals surface area contributed by atoms with E-state index >= 15 is 0 Å². The van der Waals surface area contributed by atoms with Gasteiger partial charge in [-0.3, -0.25) is 10.1 Å². The first-order valence-corrected chi connectivity index (χ1v) is 5.88. The summed E-state index contributed by atoms with van der Waals surface area (Å²) in [7, 11) is 1.88. The number of carbonyl (C=O) groups is 2. The first-order chi connectivity index (χ1) is 8.49. The number of nitrogens with zero attached hydrogens (tertiary/aromatic N) is 1. The second-order valence-corrected chi connectivity index (χ2v) is 4.40. The van der Waals surface area contributed by atoms with Crippen molar-refractivity contribution in [2.45, 2.75) is 13.0 Å². The second kappa shape index (κ2) is 6.98. The number of benzene rings is 1. The van der Waals surface area contributed by atoms with Gasteiger partial charge in [0, 0.05) is 24.5 Å². The van der Waals surface area contributed by atoms with Crippen LogP contribution in [-0.2, 0) is 11.3 Å². The van der Waals surface area contributed by atoms with E-state index in [0.29, 0.717) is 18.1 Å². The highest BCUT2D eigenvalue weighted by molar-refractivity contribution is 6.31. The third-order valence-electron chi connectivity index (χ3n) is 2.38. The molecule has 0 bridgehead atoms. The zero-order valence-corrected chi connectivity index (χ0v) is 10.9. The Labute approximate surface area is 111 Å². The Balaban J connectivity index is 2.38. The number of primary amides is 1. The molecule has 18 heavy (non-hydrogen) atoms. The van der Waals surface area contributed by atoms with E-state index in [1.807, 2.05) is 41.5 Å². The fourth-order valence-electron chi connectivity index (χ4n) is 1.49. The lowest BCUT2D eigenvalue weighted by atomic mass is 10.2. The Hall–Kier alpha value is -1.59. The van der Waals surface area contributed by atoms with Crippen LogP contribution >= 0.6 is 11.6 Å². The summed E-state index contributed by atoms with van der Waals surface area (Å²) in [6.45, 7) is 1.16. The van der Waals surface area contributed by atoms with Crippen molar-refractivity contribution in [3.05, 3.63) is 34.9 Å². The molecule has 1 aromatic rings. The smallest absolute Gasteiger partial charge is 0.318 e. The number of hydrogen-bond donors (Lipinski definition) is 2. The molecular formula is C12H16ClN3O2. The largest absolute Gasteiger partial charge is 0.351 e. The molecule has 0 radical (unpaired) electrons. The molecule has 0 aliphatic heterocycles. The van der Waals surface area contributed by atoms with Crippen LogP contribution in [0.1, 0.15) is 12.0 Å². The first kappa shape index (κ1) is 14.5. The lowest BCUT2D eigenvalue weighted by Gasteiger charge is -2.16. The molecule has 0 aliphatic carbocycles. The monoisotopic (exact) mass is 269 g/mol. The van der Waals surface area contributed by atoms with Gasteiger partial charge < -0.3 is 10.6 Å².